The fourth-order valence-corrected chi connectivity index (χ4v) is 6.31. The van der Waals surface area contributed by atoms with Crippen LogP contribution in [0.2, 0.25) is 0 Å². The molecule has 0 spiro atoms. The lowest BCUT2D eigenvalue weighted by atomic mass is 9.99. The molecule has 6 rings (SSSR count). The van der Waals surface area contributed by atoms with E-state index in [1.54, 1.807) is 35.2 Å². The molecule has 13 heteroatoms. The van der Waals surface area contributed by atoms with Crippen LogP contribution in [0, 0.1) is 12.7 Å². The Hall–Kier alpha value is -4.91. The predicted octanol–water partition coefficient (Wildman–Crippen LogP) is 3.44. The molecule has 3 amide bonds. The van der Waals surface area contributed by atoms with E-state index in [9.17, 15) is 18.8 Å². The van der Waals surface area contributed by atoms with Gasteiger partial charge in [-0.25, -0.2) is 9.37 Å². The molecule has 0 unspecified atom stereocenters. The fourth-order valence-electron chi connectivity index (χ4n) is 5.46. The van der Waals surface area contributed by atoms with E-state index in [-0.39, 0.29) is 42.7 Å². The molecule has 11 nitrogen and oxygen atoms in total. The third kappa shape index (κ3) is 6.09. The number of likely N-dealkylation sites (tertiary alicyclic amines) is 1. The van der Waals surface area contributed by atoms with E-state index in [1.165, 1.54) is 36.6 Å². The highest BCUT2D eigenvalue weighted by molar-refractivity contribution is 7.22. The molecule has 1 saturated heterocycles. The molecule has 4 N–H and O–H groups in total. The summed E-state index contributed by atoms with van der Waals surface area (Å²) < 4.78 is 32.7. The normalized spacial score (nSPS) is 18.8. The van der Waals surface area contributed by atoms with Crippen LogP contribution in [-0.4, -0.2) is 66.6 Å². The van der Waals surface area contributed by atoms with Gasteiger partial charge in [-0.05, 0) is 60.5 Å². The Balaban J connectivity index is 1.32. The van der Waals surface area contributed by atoms with E-state index < -0.39 is 29.8 Å². The molecule has 3 heterocycles. The number of methoxy groups -OCH3 is 1. The smallest absolute Gasteiger partial charge is 0.258 e. The van der Waals surface area contributed by atoms with Crippen LogP contribution in [0.15, 0.2) is 48.5 Å². The number of benzene rings is 3. The number of anilines is 1. The standard InChI is InChI=1S/C31H30FN5O6S/c1-16-7-19(11-26-28(16)36-31(33)44-26)30(40)37-6-5-23-22(14-37)35-29(39)18-3-4-24(41-2)25(10-18)42-15-27(38)34-13-17-8-20(32)12-21(9-17)43-23/h3-4,7-12,22-23H,5-6,13-15H2,1-2H3,(H2,33,36)(H,34,38)(H,35,39)/t22-,23+/m0/s1. The second-order valence-electron chi connectivity index (χ2n) is 10.7. The third-order valence-electron chi connectivity index (χ3n) is 7.59. The summed E-state index contributed by atoms with van der Waals surface area (Å²) in [6.45, 7) is 2.08. The van der Waals surface area contributed by atoms with Crippen LogP contribution in [0.25, 0.3) is 10.2 Å². The molecule has 2 atom stereocenters. The maximum atomic E-state index is 14.6. The molecule has 2 aliphatic rings. The molecule has 4 bridgehead atoms. The van der Waals surface area contributed by atoms with Gasteiger partial charge in [0.25, 0.3) is 17.7 Å². The third-order valence-corrected chi connectivity index (χ3v) is 8.43. The lowest BCUT2D eigenvalue weighted by Crippen LogP contribution is -2.58. The Bertz CT molecular complexity index is 1780. The number of hydrogen-bond donors (Lipinski definition) is 3. The quantitative estimate of drug-likeness (QED) is 0.310. The number of carbonyl (C=O) groups is 3. The van der Waals surface area contributed by atoms with Crippen LogP contribution < -0.4 is 30.6 Å². The molecule has 2 aliphatic heterocycles. The molecule has 3 aromatic carbocycles. The Labute approximate surface area is 256 Å². The molecule has 1 aromatic heterocycles. The summed E-state index contributed by atoms with van der Waals surface area (Å²) in [5.41, 5.74) is 8.74. The molecular formula is C31H30FN5O6S. The molecular weight excluding hydrogens is 589 g/mol. The zero-order valence-corrected chi connectivity index (χ0v) is 24.8. The lowest BCUT2D eigenvalue weighted by molar-refractivity contribution is -0.123. The van der Waals surface area contributed by atoms with Crippen molar-refractivity contribution in [2.24, 2.45) is 0 Å². The Morgan fingerprint density at radius 2 is 2.02 bits per heavy atom. The predicted molar refractivity (Wildman–Crippen MR) is 162 cm³/mol. The van der Waals surface area contributed by atoms with Crippen molar-refractivity contribution in [2.45, 2.75) is 32.0 Å². The summed E-state index contributed by atoms with van der Waals surface area (Å²) in [5, 5.41) is 6.13. The number of piperidine rings is 1. The van der Waals surface area contributed by atoms with Gasteiger partial charge in [0, 0.05) is 43.2 Å². The van der Waals surface area contributed by atoms with E-state index in [0.29, 0.717) is 35.0 Å². The molecule has 0 aliphatic carbocycles. The molecule has 0 saturated carbocycles. The number of hydrogen-bond acceptors (Lipinski definition) is 9. The molecule has 228 valence electrons. The molecule has 1 fully saturated rings. The minimum Gasteiger partial charge on any atom is -0.493 e. The number of aromatic nitrogens is 1. The lowest BCUT2D eigenvalue weighted by Gasteiger charge is -2.39. The summed E-state index contributed by atoms with van der Waals surface area (Å²) in [6, 6.07) is 11.8. The van der Waals surface area contributed by atoms with E-state index in [4.69, 9.17) is 19.9 Å². The van der Waals surface area contributed by atoms with Gasteiger partial charge in [-0.3, -0.25) is 14.4 Å². The minimum atomic E-state index is -0.644. The van der Waals surface area contributed by atoms with E-state index in [1.807, 2.05) is 6.92 Å². The van der Waals surface area contributed by atoms with E-state index in [2.05, 4.69) is 15.6 Å². The monoisotopic (exact) mass is 619 g/mol. The number of carbonyl (C=O) groups excluding carboxylic acids is 3. The van der Waals surface area contributed by atoms with Crippen molar-refractivity contribution >= 4 is 44.4 Å². The highest BCUT2D eigenvalue weighted by Gasteiger charge is 2.35. The largest absolute Gasteiger partial charge is 0.493 e. The summed E-state index contributed by atoms with van der Waals surface area (Å²) in [7, 11) is 1.45. The second kappa shape index (κ2) is 12.0. The molecule has 0 radical (unpaired) electrons. The Kier molecular flexibility index (Phi) is 7.95. The first-order chi connectivity index (χ1) is 21.2. The zero-order valence-electron chi connectivity index (χ0n) is 24.0. The minimum absolute atomic E-state index is 0.0514. The number of amides is 3. The first-order valence-electron chi connectivity index (χ1n) is 14.0. The van der Waals surface area contributed by atoms with Gasteiger partial charge in [0.2, 0.25) is 0 Å². The highest BCUT2D eigenvalue weighted by atomic mass is 32.1. The number of nitrogens with zero attached hydrogens (tertiary/aromatic N) is 2. The van der Waals surface area contributed by atoms with Gasteiger partial charge in [-0.2, -0.15) is 0 Å². The molecule has 4 aromatic rings. The maximum absolute atomic E-state index is 14.6. The summed E-state index contributed by atoms with van der Waals surface area (Å²) in [5.74, 6) is -0.825. The maximum Gasteiger partial charge on any atom is 0.258 e. The summed E-state index contributed by atoms with van der Waals surface area (Å²) in [4.78, 5) is 45.7. The number of nitrogens with two attached hydrogens (primary N) is 1. The van der Waals surface area contributed by atoms with Crippen LogP contribution in [0.3, 0.4) is 0 Å². The molecule has 44 heavy (non-hydrogen) atoms. The van der Waals surface area contributed by atoms with Crippen molar-refractivity contribution in [3.05, 3.63) is 76.6 Å². The van der Waals surface area contributed by atoms with Gasteiger partial charge in [-0.1, -0.05) is 11.3 Å². The van der Waals surface area contributed by atoms with Gasteiger partial charge in [0.1, 0.15) is 17.7 Å². The van der Waals surface area contributed by atoms with Crippen molar-refractivity contribution < 1.29 is 33.0 Å². The topological polar surface area (TPSA) is 145 Å². The van der Waals surface area contributed by atoms with Gasteiger partial charge < -0.3 is 35.5 Å². The number of nitrogen functional groups attached to an aromatic ring is 1. The fraction of sp³-hybridized carbons (Fsp3) is 0.290. The Morgan fingerprint density at radius 3 is 2.84 bits per heavy atom. The van der Waals surface area contributed by atoms with Gasteiger partial charge in [0.05, 0.1) is 23.4 Å². The number of fused-ring (bicyclic) bond motifs is 6. The first kappa shape index (κ1) is 29.2. The average Bonchev–Trinajstić information content (AvgIpc) is 3.39. The number of aryl methyl sites for hydroxylation is 1. The zero-order chi connectivity index (χ0) is 31.0. The van der Waals surface area contributed by atoms with Crippen LogP contribution in [0.5, 0.6) is 17.2 Å². The number of rotatable bonds is 2. The summed E-state index contributed by atoms with van der Waals surface area (Å²) >= 11 is 1.31. The summed E-state index contributed by atoms with van der Waals surface area (Å²) in [6.07, 6.45) is -0.218. The van der Waals surface area contributed by atoms with Crippen molar-refractivity contribution in [2.75, 3.05) is 32.5 Å². The van der Waals surface area contributed by atoms with Gasteiger partial charge in [-0.15, -0.1) is 0 Å². The van der Waals surface area contributed by atoms with Crippen molar-refractivity contribution in [1.29, 1.82) is 0 Å². The van der Waals surface area contributed by atoms with Crippen LogP contribution >= 0.6 is 11.3 Å². The van der Waals surface area contributed by atoms with E-state index >= 15 is 0 Å². The van der Waals surface area contributed by atoms with Gasteiger partial charge >= 0.3 is 0 Å². The Morgan fingerprint density at radius 1 is 1.18 bits per heavy atom. The van der Waals surface area contributed by atoms with Crippen molar-refractivity contribution in [3.63, 3.8) is 0 Å². The number of halogens is 1. The average molecular weight is 620 g/mol. The number of nitrogens with one attached hydrogen (secondary N) is 2. The number of thiazole rings is 1. The second-order valence-corrected chi connectivity index (χ2v) is 11.8. The van der Waals surface area contributed by atoms with Crippen LogP contribution in [-0.2, 0) is 11.3 Å². The van der Waals surface area contributed by atoms with Crippen molar-refractivity contribution in [1.82, 2.24) is 20.5 Å². The highest BCUT2D eigenvalue weighted by Crippen LogP contribution is 2.31. The van der Waals surface area contributed by atoms with Gasteiger partial charge in [0.15, 0.2) is 23.2 Å². The van der Waals surface area contributed by atoms with Crippen LogP contribution in [0.1, 0.15) is 38.3 Å². The SMILES string of the molecule is COc1ccc2cc1OCC(=O)NCc1cc(F)cc(c1)O[C@@H]1CCN(C(=O)c3cc(C)c4nc(N)sc4c3)C[C@@H]1NC2=O. The van der Waals surface area contributed by atoms with E-state index in [0.717, 1.165) is 15.8 Å². The van der Waals surface area contributed by atoms with Crippen LogP contribution in [0.4, 0.5) is 9.52 Å². The number of ether oxygens (including phenoxy) is 3. The first-order valence-corrected chi connectivity index (χ1v) is 14.8. The van der Waals surface area contributed by atoms with Crippen molar-refractivity contribution in [3.8, 4) is 17.2 Å².